The maximum absolute atomic E-state index is 12.7. The highest BCUT2D eigenvalue weighted by molar-refractivity contribution is 6.10. The summed E-state index contributed by atoms with van der Waals surface area (Å²) in [5.41, 5.74) is 3.53. The predicted molar refractivity (Wildman–Crippen MR) is 124 cm³/mol. The number of benzene rings is 2. The predicted octanol–water partition coefficient (Wildman–Crippen LogP) is 3.10. The lowest BCUT2D eigenvalue weighted by Crippen LogP contribution is -2.42. The first kappa shape index (κ1) is 20.4. The van der Waals surface area contributed by atoms with E-state index in [1.165, 1.54) is 4.90 Å². The van der Waals surface area contributed by atoms with Gasteiger partial charge in [-0.15, -0.1) is 0 Å². The normalized spacial score (nSPS) is 12.8. The van der Waals surface area contributed by atoms with Crippen molar-refractivity contribution in [2.24, 2.45) is 0 Å². The molecular formula is C24H20N6O3. The number of rotatable bonds is 5. The Bertz CT molecular complexity index is 1330. The van der Waals surface area contributed by atoms with Crippen molar-refractivity contribution in [3.05, 3.63) is 73.2 Å². The van der Waals surface area contributed by atoms with Crippen molar-refractivity contribution in [2.75, 3.05) is 22.1 Å². The van der Waals surface area contributed by atoms with Crippen molar-refractivity contribution in [1.29, 1.82) is 0 Å². The Hall–Kier alpha value is -4.53. The first-order valence-corrected chi connectivity index (χ1v) is 10.5. The molecule has 0 saturated carbocycles. The number of para-hydroxylation sites is 2. The van der Waals surface area contributed by atoms with Gasteiger partial charge in [0.25, 0.3) is 0 Å². The van der Waals surface area contributed by atoms with Gasteiger partial charge in [-0.3, -0.25) is 18.8 Å². The summed E-state index contributed by atoms with van der Waals surface area (Å²) in [6, 6.07) is 16.3. The van der Waals surface area contributed by atoms with Crippen LogP contribution in [-0.4, -0.2) is 38.6 Å². The highest BCUT2D eigenvalue weighted by Crippen LogP contribution is 2.29. The average molecular weight is 440 g/mol. The highest BCUT2D eigenvalue weighted by atomic mass is 16.2. The molecule has 4 aromatic rings. The van der Waals surface area contributed by atoms with Crippen LogP contribution < -0.4 is 15.5 Å². The van der Waals surface area contributed by atoms with E-state index in [0.717, 1.165) is 11.3 Å². The van der Waals surface area contributed by atoms with Crippen LogP contribution in [0.2, 0.25) is 0 Å². The van der Waals surface area contributed by atoms with E-state index in [-0.39, 0.29) is 37.1 Å². The van der Waals surface area contributed by atoms with Crippen LogP contribution in [0.1, 0.15) is 12.8 Å². The molecule has 1 aliphatic heterocycles. The number of nitrogens with one attached hydrogen (secondary N) is 2. The minimum absolute atomic E-state index is 0.000219. The Balaban J connectivity index is 1.19. The van der Waals surface area contributed by atoms with Crippen LogP contribution in [0.5, 0.6) is 0 Å². The number of hydrogen-bond donors (Lipinski definition) is 2. The Kier molecular flexibility index (Phi) is 5.27. The number of amides is 3. The SMILES string of the molecule is O=C(CCC(=O)N1CC(=O)Nc2ccccc21)Nc1ccc(-c2cn3cccnc3n2)cc1. The minimum Gasteiger partial charge on any atom is -0.326 e. The molecule has 2 aromatic heterocycles. The quantitative estimate of drug-likeness (QED) is 0.496. The van der Waals surface area contributed by atoms with E-state index >= 15 is 0 Å². The van der Waals surface area contributed by atoms with Crippen molar-refractivity contribution in [1.82, 2.24) is 14.4 Å². The van der Waals surface area contributed by atoms with E-state index < -0.39 is 0 Å². The number of carbonyl (C=O) groups excluding carboxylic acids is 3. The summed E-state index contributed by atoms with van der Waals surface area (Å²) >= 11 is 0. The molecule has 2 aromatic carbocycles. The Labute approximate surface area is 189 Å². The molecule has 1 aliphatic rings. The fourth-order valence-electron chi connectivity index (χ4n) is 3.73. The lowest BCUT2D eigenvalue weighted by atomic mass is 10.1. The summed E-state index contributed by atoms with van der Waals surface area (Å²) in [5, 5.41) is 5.55. The maximum atomic E-state index is 12.7. The Morgan fingerprint density at radius 3 is 2.67 bits per heavy atom. The Morgan fingerprint density at radius 2 is 1.85 bits per heavy atom. The van der Waals surface area contributed by atoms with Gasteiger partial charge in [0.05, 0.1) is 17.1 Å². The van der Waals surface area contributed by atoms with Crippen LogP contribution in [0.4, 0.5) is 17.1 Å². The summed E-state index contributed by atoms with van der Waals surface area (Å²) in [6.45, 7) is -0.0580. The van der Waals surface area contributed by atoms with Gasteiger partial charge in [0.2, 0.25) is 23.5 Å². The lowest BCUT2D eigenvalue weighted by molar-refractivity contribution is -0.124. The van der Waals surface area contributed by atoms with Gasteiger partial charge >= 0.3 is 0 Å². The van der Waals surface area contributed by atoms with Crippen LogP contribution >= 0.6 is 0 Å². The summed E-state index contributed by atoms with van der Waals surface area (Å²) in [5.74, 6) is -0.192. The minimum atomic E-state index is -0.275. The molecular weight excluding hydrogens is 420 g/mol. The van der Waals surface area contributed by atoms with Crippen molar-refractivity contribution in [2.45, 2.75) is 12.8 Å². The molecule has 0 fully saturated rings. The number of nitrogens with zero attached hydrogens (tertiary/aromatic N) is 4. The molecule has 0 bridgehead atoms. The van der Waals surface area contributed by atoms with Gasteiger partial charge in [-0.05, 0) is 30.3 Å². The van der Waals surface area contributed by atoms with Gasteiger partial charge in [0, 0.05) is 42.7 Å². The van der Waals surface area contributed by atoms with Crippen LogP contribution in [0.3, 0.4) is 0 Å². The largest absolute Gasteiger partial charge is 0.326 e. The number of fused-ring (bicyclic) bond motifs is 2. The van der Waals surface area contributed by atoms with Crippen LogP contribution in [-0.2, 0) is 14.4 Å². The first-order chi connectivity index (χ1) is 16.1. The molecule has 0 spiro atoms. The van der Waals surface area contributed by atoms with E-state index in [0.29, 0.717) is 22.8 Å². The van der Waals surface area contributed by atoms with Gasteiger partial charge in [-0.1, -0.05) is 24.3 Å². The number of aromatic nitrogens is 3. The standard InChI is InChI=1S/C24H20N6O3/c31-21(10-11-23(33)30-15-22(32)27-18-4-1-2-5-20(18)30)26-17-8-6-16(7-9-17)19-14-29-13-3-12-25-24(29)28-19/h1-9,12-14H,10-11,15H2,(H,26,31)(H,27,32). The molecule has 9 heteroatoms. The summed E-state index contributed by atoms with van der Waals surface area (Å²) < 4.78 is 1.84. The van der Waals surface area contributed by atoms with Crippen LogP contribution in [0, 0.1) is 0 Å². The second kappa shape index (κ2) is 8.54. The zero-order chi connectivity index (χ0) is 22.8. The van der Waals surface area contributed by atoms with E-state index in [1.807, 2.05) is 35.0 Å². The van der Waals surface area contributed by atoms with Gasteiger partial charge < -0.3 is 15.5 Å². The molecule has 3 amide bonds. The number of imidazole rings is 1. The molecule has 3 heterocycles. The fourth-order valence-corrected chi connectivity index (χ4v) is 3.73. The first-order valence-electron chi connectivity index (χ1n) is 10.5. The Morgan fingerprint density at radius 1 is 1.03 bits per heavy atom. The summed E-state index contributed by atoms with van der Waals surface area (Å²) in [4.78, 5) is 47.1. The molecule has 0 saturated heterocycles. The smallest absolute Gasteiger partial charge is 0.244 e. The molecule has 0 unspecified atom stereocenters. The summed E-state index contributed by atoms with van der Waals surface area (Å²) in [7, 11) is 0. The highest BCUT2D eigenvalue weighted by Gasteiger charge is 2.26. The van der Waals surface area contributed by atoms with Gasteiger partial charge in [0.1, 0.15) is 6.54 Å². The fraction of sp³-hybridized carbons (Fsp3) is 0.125. The van der Waals surface area contributed by atoms with E-state index in [4.69, 9.17) is 0 Å². The number of carbonyl (C=O) groups is 3. The van der Waals surface area contributed by atoms with Crippen molar-refractivity contribution >= 4 is 40.6 Å². The number of hydrogen-bond acceptors (Lipinski definition) is 5. The zero-order valence-electron chi connectivity index (χ0n) is 17.6. The monoisotopic (exact) mass is 440 g/mol. The second-order valence-electron chi connectivity index (χ2n) is 7.62. The summed E-state index contributed by atoms with van der Waals surface area (Å²) in [6.07, 6.45) is 5.47. The topological polar surface area (TPSA) is 109 Å². The van der Waals surface area contributed by atoms with E-state index in [9.17, 15) is 14.4 Å². The zero-order valence-corrected chi connectivity index (χ0v) is 17.6. The van der Waals surface area contributed by atoms with Crippen molar-refractivity contribution < 1.29 is 14.4 Å². The maximum Gasteiger partial charge on any atom is 0.244 e. The molecule has 164 valence electrons. The average Bonchev–Trinajstić information content (AvgIpc) is 3.27. The molecule has 2 N–H and O–H groups in total. The molecule has 9 nitrogen and oxygen atoms in total. The third-order valence-electron chi connectivity index (χ3n) is 5.34. The van der Waals surface area contributed by atoms with Crippen molar-refractivity contribution in [3.63, 3.8) is 0 Å². The van der Waals surface area contributed by atoms with Gasteiger partial charge in [-0.2, -0.15) is 0 Å². The van der Waals surface area contributed by atoms with Crippen LogP contribution in [0.25, 0.3) is 17.0 Å². The molecule has 33 heavy (non-hydrogen) atoms. The molecule has 0 atom stereocenters. The molecule has 0 aliphatic carbocycles. The van der Waals surface area contributed by atoms with E-state index in [2.05, 4.69) is 20.6 Å². The number of anilines is 3. The van der Waals surface area contributed by atoms with Crippen molar-refractivity contribution in [3.8, 4) is 11.3 Å². The lowest BCUT2D eigenvalue weighted by Gasteiger charge is -2.29. The molecule has 0 radical (unpaired) electrons. The van der Waals surface area contributed by atoms with Crippen LogP contribution in [0.15, 0.2) is 73.2 Å². The second-order valence-corrected chi connectivity index (χ2v) is 7.62. The van der Waals surface area contributed by atoms with E-state index in [1.54, 1.807) is 42.6 Å². The van der Waals surface area contributed by atoms with Gasteiger partial charge in [-0.25, -0.2) is 9.97 Å². The molecule has 5 rings (SSSR count). The third kappa shape index (κ3) is 4.29. The van der Waals surface area contributed by atoms with Gasteiger partial charge in [0.15, 0.2) is 0 Å². The third-order valence-corrected chi connectivity index (χ3v) is 5.34.